The van der Waals surface area contributed by atoms with Gasteiger partial charge in [-0.15, -0.1) is 0 Å². The quantitative estimate of drug-likeness (QED) is 0.297. The minimum atomic E-state index is -1.08. The van der Waals surface area contributed by atoms with E-state index in [1.54, 1.807) is 16.4 Å². The van der Waals surface area contributed by atoms with Crippen LogP contribution in [0.3, 0.4) is 0 Å². The average molecular weight is 684 g/mol. The third kappa shape index (κ3) is 5.97. The topological polar surface area (TPSA) is 0 Å². The van der Waals surface area contributed by atoms with E-state index < -0.39 is 22.9 Å². The van der Waals surface area contributed by atoms with E-state index in [2.05, 4.69) is 102 Å². The van der Waals surface area contributed by atoms with Crippen molar-refractivity contribution in [2.45, 2.75) is 59.2 Å². The summed E-state index contributed by atoms with van der Waals surface area (Å²) in [4.78, 5) is 0. The SMILES string of the molecule is CCC(C)P(C1=Cc2ccccc2[CH]1[Hf+2][CH]1C(P(C)C)=Cc2ccccc21)C(C)CC.[Cl-].[Cl-]. The summed E-state index contributed by atoms with van der Waals surface area (Å²) in [6, 6.07) is 18.6. The molecule has 0 N–H and O–H groups in total. The van der Waals surface area contributed by atoms with Crippen LogP contribution in [-0.4, -0.2) is 24.6 Å². The van der Waals surface area contributed by atoms with Crippen molar-refractivity contribution in [1.29, 1.82) is 0 Å². The zero-order valence-corrected chi connectivity index (χ0v) is 27.5. The number of hydrogen-bond acceptors (Lipinski definition) is 0. The van der Waals surface area contributed by atoms with Crippen molar-refractivity contribution in [1.82, 2.24) is 0 Å². The summed E-state index contributed by atoms with van der Waals surface area (Å²) in [6.07, 6.45) is 7.82. The Balaban J connectivity index is 0.00000193. The summed E-state index contributed by atoms with van der Waals surface area (Å²) >= 11 is -1.08. The molecule has 0 heterocycles. The number of hydrogen-bond donors (Lipinski definition) is 0. The maximum absolute atomic E-state index is 2.65. The van der Waals surface area contributed by atoms with E-state index in [4.69, 9.17) is 0 Å². The van der Waals surface area contributed by atoms with Crippen LogP contribution in [-0.2, 0) is 22.9 Å². The molecule has 4 unspecified atom stereocenters. The van der Waals surface area contributed by atoms with Gasteiger partial charge in [-0.2, -0.15) is 0 Å². The van der Waals surface area contributed by atoms with Crippen LogP contribution in [0.4, 0.5) is 0 Å². The summed E-state index contributed by atoms with van der Waals surface area (Å²) in [5, 5.41) is 3.64. The molecule has 0 bridgehead atoms. The van der Waals surface area contributed by atoms with Crippen LogP contribution in [0.25, 0.3) is 12.2 Å². The Labute approximate surface area is 228 Å². The second-order valence-electron chi connectivity index (χ2n) is 9.25. The Bertz CT molecular complexity index is 991. The molecule has 2 aliphatic carbocycles. The molecule has 0 saturated carbocycles. The van der Waals surface area contributed by atoms with Gasteiger partial charge in [-0.3, -0.25) is 0 Å². The van der Waals surface area contributed by atoms with Gasteiger partial charge in [-0.25, -0.2) is 0 Å². The van der Waals surface area contributed by atoms with Gasteiger partial charge < -0.3 is 24.8 Å². The van der Waals surface area contributed by atoms with Crippen molar-refractivity contribution in [3.63, 3.8) is 0 Å². The van der Waals surface area contributed by atoms with Gasteiger partial charge in [0.2, 0.25) is 0 Å². The fourth-order valence-corrected chi connectivity index (χ4v) is 21.3. The van der Waals surface area contributed by atoms with Gasteiger partial charge >= 0.3 is 205 Å². The number of halogens is 2. The molecule has 2 aliphatic rings. The van der Waals surface area contributed by atoms with Crippen LogP contribution in [0.5, 0.6) is 0 Å². The molecule has 0 spiro atoms. The van der Waals surface area contributed by atoms with E-state index in [-0.39, 0.29) is 40.7 Å². The van der Waals surface area contributed by atoms with E-state index in [1.165, 1.54) is 24.0 Å². The fourth-order valence-electron chi connectivity index (χ4n) is 5.08. The van der Waals surface area contributed by atoms with Gasteiger partial charge in [-0.1, -0.05) is 0 Å². The standard InChI is InChI=1S/C17H24P.C11H12P.2ClH.Hf/c1-5-13(3)18(14(4)6-2)17-11-15-9-7-8-10-16(15)12-17;1-12(2)11-7-9-5-3-4-6-10(9)8-11;;;/h7-14H,5-6H2,1-4H3;3-8H,1-2H3;2*1H;/q;;;;+2/p-2. The van der Waals surface area contributed by atoms with Gasteiger partial charge in [0.25, 0.3) is 0 Å². The molecule has 33 heavy (non-hydrogen) atoms. The van der Waals surface area contributed by atoms with Gasteiger partial charge in [0.15, 0.2) is 0 Å². The van der Waals surface area contributed by atoms with Crippen molar-refractivity contribution in [2.75, 3.05) is 13.3 Å². The Morgan fingerprint density at radius 1 is 0.727 bits per heavy atom. The van der Waals surface area contributed by atoms with E-state index in [9.17, 15) is 0 Å². The predicted molar refractivity (Wildman–Crippen MR) is 140 cm³/mol. The van der Waals surface area contributed by atoms with Crippen molar-refractivity contribution < 1.29 is 47.7 Å². The molecule has 4 atom stereocenters. The summed E-state index contributed by atoms with van der Waals surface area (Å²) in [7, 11) is -0.131. The zero-order chi connectivity index (χ0) is 22.1. The number of allylic oxidation sites excluding steroid dienone is 2. The molecule has 0 saturated heterocycles. The molecule has 0 radical (unpaired) electrons. The number of benzene rings is 2. The summed E-state index contributed by atoms with van der Waals surface area (Å²) in [5.41, 5.74) is 7.99. The first-order valence-electron chi connectivity index (χ1n) is 11.8. The van der Waals surface area contributed by atoms with Crippen LogP contribution in [0, 0.1) is 0 Å². The molecule has 0 aromatic heterocycles. The van der Waals surface area contributed by atoms with Crippen LogP contribution in [0.1, 0.15) is 70.1 Å². The Hall–Kier alpha value is 0.230. The maximum atomic E-state index is 2.65. The van der Waals surface area contributed by atoms with Crippen molar-refractivity contribution in [3.8, 4) is 0 Å². The van der Waals surface area contributed by atoms with E-state index in [0.717, 1.165) is 18.7 Å². The summed E-state index contributed by atoms with van der Waals surface area (Å²) < 4.78 is 1.53. The molecule has 0 amide bonds. The van der Waals surface area contributed by atoms with Crippen LogP contribution in [0.15, 0.2) is 59.2 Å². The smallest absolute Gasteiger partial charge is 1.00 e. The second kappa shape index (κ2) is 13.0. The van der Waals surface area contributed by atoms with Gasteiger partial charge in [0.1, 0.15) is 0 Å². The van der Waals surface area contributed by atoms with E-state index in [0.29, 0.717) is 0 Å². The monoisotopic (exact) mass is 684 g/mol. The normalized spacial score (nSPS) is 20.9. The third-order valence-corrected chi connectivity index (χ3v) is 20.7. The van der Waals surface area contributed by atoms with Gasteiger partial charge in [0, 0.05) is 0 Å². The van der Waals surface area contributed by atoms with E-state index in [1.807, 2.05) is 5.31 Å². The fraction of sp³-hybridized carbons (Fsp3) is 0.429. The predicted octanol–water partition coefficient (Wildman–Crippen LogP) is 3.09. The zero-order valence-electron chi connectivity index (χ0n) is 20.6. The summed E-state index contributed by atoms with van der Waals surface area (Å²) in [6.45, 7) is 14.8. The Morgan fingerprint density at radius 2 is 1.15 bits per heavy atom. The average Bonchev–Trinajstić information content (AvgIpc) is 3.33. The molecule has 176 valence electrons. The van der Waals surface area contributed by atoms with Crippen molar-refractivity contribution in [3.05, 3.63) is 81.4 Å². The largest absolute Gasteiger partial charge is 1.00 e. The van der Waals surface area contributed by atoms with Gasteiger partial charge in [0.05, 0.1) is 0 Å². The summed E-state index contributed by atoms with van der Waals surface area (Å²) in [5.74, 6) is 0. The van der Waals surface area contributed by atoms with Gasteiger partial charge in [-0.05, 0) is 0 Å². The molecule has 4 rings (SSSR count). The third-order valence-electron chi connectivity index (χ3n) is 7.09. The first-order chi connectivity index (χ1) is 15.0. The Morgan fingerprint density at radius 3 is 1.61 bits per heavy atom. The minimum absolute atomic E-state index is 0. The number of rotatable bonds is 8. The van der Waals surface area contributed by atoms with Crippen molar-refractivity contribution >= 4 is 28.0 Å². The first kappa shape index (κ1) is 29.5. The first-order valence-corrected chi connectivity index (χ1v) is 19.6. The second-order valence-corrected chi connectivity index (χ2v) is 20.0. The Kier molecular flexibility index (Phi) is 11.6. The number of fused-ring (bicyclic) bond motifs is 2. The van der Waals surface area contributed by atoms with Crippen molar-refractivity contribution in [2.24, 2.45) is 0 Å². The van der Waals surface area contributed by atoms with E-state index >= 15 is 0 Å². The molecule has 5 heteroatoms. The van der Waals surface area contributed by atoms with Crippen LogP contribution >= 0.6 is 15.8 Å². The maximum Gasteiger partial charge on any atom is -1.00 e. The molecular weight excluding hydrogens is 648 g/mol. The molecule has 0 aliphatic heterocycles. The van der Waals surface area contributed by atoms with Crippen LogP contribution < -0.4 is 24.8 Å². The molecule has 2 aromatic carbocycles. The molecule has 0 fully saturated rings. The van der Waals surface area contributed by atoms with Crippen LogP contribution in [0.2, 0.25) is 0 Å². The molecule has 0 nitrogen and oxygen atoms in total. The minimum Gasteiger partial charge on any atom is -1.00 e. The molecule has 2 aromatic rings. The molecular formula is C28H36Cl2HfP2.